The van der Waals surface area contributed by atoms with E-state index in [1.165, 1.54) is 4.90 Å². The van der Waals surface area contributed by atoms with Gasteiger partial charge in [0.1, 0.15) is 0 Å². The number of aryl methyl sites for hydroxylation is 3. The first-order valence-corrected chi connectivity index (χ1v) is 8.65. The zero-order valence-electron chi connectivity index (χ0n) is 15.2. The molecule has 0 unspecified atom stereocenters. The van der Waals surface area contributed by atoms with Crippen LogP contribution in [0.15, 0.2) is 12.1 Å². The van der Waals surface area contributed by atoms with Crippen LogP contribution in [-0.4, -0.2) is 35.8 Å². The van der Waals surface area contributed by atoms with Crippen molar-refractivity contribution in [2.75, 3.05) is 18.9 Å². The standard InChI is InChI=1S/C19H29N3O2/c1-13-10-14(2)17(15(3)11-13)21-16(23)12-22(4)18(24)19(20)8-6-5-7-9-19/h10-11H,5-9,12,20H2,1-4H3,(H,21,23). The molecule has 0 bridgehead atoms. The van der Waals surface area contributed by atoms with E-state index >= 15 is 0 Å². The Kier molecular flexibility index (Phi) is 5.65. The summed E-state index contributed by atoms with van der Waals surface area (Å²) in [7, 11) is 1.65. The Bertz CT molecular complexity index is 610. The molecule has 1 aliphatic rings. The number of nitrogens with one attached hydrogen (secondary N) is 1. The Morgan fingerprint density at radius 2 is 1.67 bits per heavy atom. The van der Waals surface area contributed by atoms with E-state index in [-0.39, 0.29) is 18.4 Å². The van der Waals surface area contributed by atoms with Gasteiger partial charge in [-0.25, -0.2) is 0 Å². The van der Waals surface area contributed by atoms with Crippen LogP contribution in [0.3, 0.4) is 0 Å². The molecule has 24 heavy (non-hydrogen) atoms. The van der Waals surface area contributed by atoms with Crippen LogP contribution in [0.1, 0.15) is 48.8 Å². The van der Waals surface area contributed by atoms with Gasteiger partial charge in [-0.1, -0.05) is 37.0 Å². The van der Waals surface area contributed by atoms with Gasteiger partial charge in [-0.05, 0) is 44.7 Å². The van der Waals surface area contributed by atoms with Gasteiger partial charge in [0.15, 0.2) is 0 Å². The van der Waals surface area contributed by atoms with E-state index in [4.69, 9.17) is 5.73 Å². The first-order chi connectivity index (χ1) is 11.2. The second kappa shape index (κ2) is 7.34. The monoisotopic (exact) mass is 331 g/mol. The Balaban J connectivity index is 2.00. The van der Waals surface area contributed by atoms with Crippen molar-refractivity contribution in [3.8, 4) is 0 Å². The zero-order chi connectivity index (χ0) is 17.9. The van der Waals surface area contributed by atoms with Gasteiger partial charge in [0.2, 0.25) is 11.8 Å². The van der Waals surface area contributed by atoms with Crippen molar-refractivity contribution in [3.63, 3.8) is 0 Å². The average Bonchev–Trinajstić information content (AvgIpc) is 2.50. The molecule has 0 heterocycles. The highest BCUT2D eigenvalue weighted by Crippen LogP contribution is 2.27. The third-order valence-electron chi connectivity index (χ3n) is 4.84. The molecule has 1 aromatic carbocycles. The van der Waals surface area contributed by atoms with Crippen molar-refractivity contribution in [1.29, 1.82) is 0 Å². The number of benzene rings is 1. The third-order valence-corrected chi connectivity index (χ3v) is 4.84. The number of anilines is 1. The van der Waals surface area contributed by atoms with Gasteiger partial charge in [-0.3, -0.25) is 9.59 Å². The molecule has 1 fully saturated rings. The first-order valence-electron chi connectivity index (χ1n) is 8.65. The van der Waals surface area contributed by atoms with E-state index in [9.17, 15) is 9.59 Å². The maximum Gasteiger partial charge on any atom is 0.243 e. The van der Waals surface area contributed by atoms with Gasteiger partial charge >= 0.3 is 0 Å². The van der Waals surface area contributed by atoms with Crippen molar-refractivity contribution in [3.05, 3.63) is 28.8 Å². The molecule has 1 aromatic rings. The second-order valence-corrected chi connectivity index (χ2v) is 7.20. The minimum absolute atomic E-state index is 0.0184. The van der Waals surface area contributed by atoms with Gasteiger partial charge in [0.05, 0.1) is 12.1 Å². The van der Waals surface area contributed by atoms with Crippen LogP contribution in [0.5, 0.6) is 0 Å². The van der Waals surface area contributed by atoms with Crippen LogP contribution in [0.2, 0.25) is 0 Å². The summed E-state index contributed by atoms with van der Waals surface area (Å²) in [4.78, 5) is 26.4. The van der Waals surface area contributed by atoms with Crippen molar-refractivity contribution < 1.29 is 9.59 Å². The molecule has 0 atom stereocenters. The third kappa shape index (κ3) is 4.15. The predicted octanol–water partition coefficient (Wildman–Crippen LogP) is 2.67. The number of hydrogen-bond donors (Lipinski definition) is 2. The van der Waals surface area contributed by atoms with E-state index in [0.717, 1.165) is 41.6 Å². The summed E-state index contributed by atoms with van der Waals surface area (Å²) < 4.78 is 0. The molecule has 1 saturated carbocycles. The summed E-state index contributed by atoms with van der Waals surface area (Å²) in [6.07, 6.45) is 4.48. The van der Waals surface area contributed by atoms with E-state index in [1.807, 2.05) is 32.9 Å². The number of hydrogen-bond acceptors (Lipinski definition) is 3. The molecule has 2 rings (SSSR count). The number of nitrogens with two attached hydrogens (primary N) is 1. The van der Waals surface area contributed by atoms with Crippen LogP contribution in [0.25, 0.3) is 0 Å². The molecule has 0 aliphatic heterocycles. The van der Waals surface area contributed by atoms with E-state index in [2.05, 4.69) is 5.32 Å². The van der Waals surface area contributed by atoms with E-state index in [1.54, 1.807) is 7.05 Å². The van der Waals surface area contributed by atoms with Crippen LogP contribution in [0.4, 0.5) is 5.69 Å². The Labute approximate surface area is 144 Å². The molecule has 1 aliphatic carbocycles. The summed E-state index contributed by atoms with van der Waals surface area (Å²) in [5.74, 6) is -0.324. The normalized spacial score (nSPS) is 16.5. The summed E-state index contributed by atoms with van der Waals surface area (Å²) >= 11 is 0. The molecule has 5 nitrogen and oxygen atoms in total. The topological polar surface area (TPSA) is 75.4 Å². The van der Waals surface area contributed by atoms with Gasteiger partial charge < -0.3 is 16.0 Å². The minimum Gasteiger partial charge on any atom is -0.335 e. The van der Waals surface area contributed by atoms with Crippen molar-refractivity contribution in [2.45, 2.75) is 58.4 Å². The lowest BCUT2D eigenvalue weighted by Gasteiger charge is -2.35. The first kappa shape index (κ1) is 18.5. The molecule has 0 spiro atoms. The lowest BCUT2D eigenvalue weighted by Crippen LogP contribution is -2.56. The van der Waals surface area contributed by atoms with Gasteiger partial charge in [-0.2, -0.15) is 0 Å². The summed E-state index contributed by atoms with van der Waals surface area (Å²) in [5.41, 5.74) is 9.51. The maximum atomic E-state index is 12.6. The lowest BCUT2D eigenvalue weighted by molar-refractivity contribution is -0.139. The number of amides is 2. The van der Waals surface area contributed by atoms with Crippen LogP contribution in [0, 0.1) is 20.8 Å². The molecule has 2 amide bonds. The van der Waals surface area contributed by atoms with E-state index in [0.29, 0.717) is 12.8 Å². The summed E-state index contributed by atoms with van der Waals surface area (Å²) in [6, 6.07) is 4.07. The molecule has 0 aromatic heterocycles. The summed E-state index contributed by atoms with van der Waals surface area (Å²) in [5, 5.41) is 2.93. The highest BCUT2D eigenvalue weighted by molar-refractivity contribution is 5.97. The van der Waals surface area contributed by atoms with Crippen molar-refractivity contribution in [2.24, 2.45) is 5.73 Å². The smallest absolute Gasteiger partial charge is 0.243 e. The number of carbonyl (C=O) groups is 2. The highest BCUT2D eigenvalue weighted by Gasteiger charge is 2.37. The average molecular weight is 331 g/mol. The largest absolute Gasteiger partial charge is 0.335 e. The Hall–Kier alpha value is -1.88. The number of nitrogens with zero attached hydrogens (tertiary/aromatic N) is 1. The van der Waals surface area contributed by atoms with Crippen molar-refractivity contribution in [1.82, 2.24) is 4.90 Å². The van der Waals surface area contributed by atoms with Crippen LogP contribution in [-0.2, 0) is 9.59 Å². The van der Waals surface area contributed by atoms with Gasteiger partial charge in [-0.15, -0.1) is 0 Å². The SMILES string of the molecule is Cc1cc(C)c(NC(=O)CN(C)C(=O)C2(N)CCCCC2)c(C)c1. The number of likely N-dealkylation sites (N-methyl/N-ethyl adjacent to an activating group) is 1. The molecule has 0 radical (unpaired) electrons. The molecule has 3 N–H and O–H groups in total. The second-order valence-electron chi connectivity index (χ2n) is 7.20. The molecular weight excluding hydrogens is 302 g/mol. The highest BCUT2D eigenvalue weighted by atomic mass is 16.2. The van der Waals surface area contributed by atoms with Gasteiger partial charge in [0, 0.05) is 12.7 Å². The summed E-state index contributed by atoms with van der Waals surface area (Å²) in [6.45, 7) is 6.00. The molecule has 132 valence electrons. The Morgan fingerprint density at radius 1 is 1.12 bits per heavy atom. The van der Waals surface area contributed by atoms with Crippen molar-refractivity contribution >= 4 is 17.5 Å². The van der Waals surface area contributed by atoms with E-state index < -0.39 is 5.54 Å². The fourth-order valence-electron chi connectivity index (χ4n) is 3.62. The zero-order valence-corrected chi connectivity index (χ0v) is 15.2. The number of carbonyl (C=O) groups excluding carboxylic acids is 2. The quantitative estimate of drug-likeness (QED) is 0.890. The Morgan fingerprint density at radius 3 is 2.21 bits per heavy atom. The van der Waals surface area contributed by atoms with Crippen LogP contribution < -0.4 is 11.1 Å². The molecule has 5 heteroatoms. The minimum atomic E-state index is -0.803. The molecular formula is C19H29N3O2. The fraction of sp³-hybridized carbons (Fsp3) is 0.579. The molecule has 0 saturated heterocycles. The lowest BCUT2D eigenvalue weighted by atomic mass is 9.81. The van der Waals surface area contributed by atoms with Crippen LogP contribution >= 0.6 is 0 Å². The van der Waals surface area contributed by atoms with Gasteiger partial charge in [0.25, 0.3) is 0 Å². The predicted molar refractivity (Wildman–Crippen MR) is 96.9 cm³/mol. The number of rotatable bonds is 4. The fourth-order valence-corrected chi connectivity index (χ4v) is 3.62. The maximum absolute atomic E-state index is 12.6.